The highest BCUT2D eigenvalue weighted by Gasteiger charge is 2.14. The second-order valence-electron chi connectivity index (χ2n) is 4.87. The van der Waals surface area contributed by atoms with Crippen LogP contribution in [0.25, 0.3) is 0 Å². The summed E-state index contributed by atoms with van der Waals surface area (Å²) in [5.41, 5.74) is 4.62. The van der Waals surface area contributed by atoms with Crippen molar-refractivity contribution in [2.75, 3.05) is 0 Å². The molecular weight excluding hydrogens is 254 g/mol. The topological polar surface area (TPSA) is 23.8 Å². The largest absolute Gasteiger partial charge is 0.198 e. The molecule has 0 amide bonds. The maximum absolute atomic E-state index is 9.43. The second-order valence-corrected chi connectivity index (χ2v) is 5.31. The lowest BCUT2D eigenvalue weighted by Gasteiger charge is -2.13. The van der Waals surface area contributed by atoms with Crippen LogP contribution >= 0.6 is 11.6 Å². The van der Waals surface area contributed by atoms with Crippen molar-refractivity contribution < 1.29 is 0 Å². The number of nitriles is 1. The van der Waals surface area contributed by atoms with Crippen LogP contribution in [0.5, 0.6) is 0 Å². The van der Waals surface area contributed by atoms with Gasteiger partial charge >= 0.3 is 0 Å². The molecule has 96 valence electrons. The van der Waals surface area contributed by atoms with Crippen LogP contribution in [0.1, 0.15) is 28.2 Å². The van der Waals surface area contributed by atoms with Crippen molar-refractivity contribution in [3.63, 3.8) is 0 Å². The average Bonchev–Trinajstić information content (AvgIpc) is 2.41. The van der Waals surface area contributed by atoms with Crippen LogP contribution in [-0.2, 0) is 6.42 Å². The molecule has 0 saturated carbocycles. The van der Waals surface area contributed by atoms with Crippen LogP contribution in [0.15, 0.2) is 42.5 Å². The molecule has 0 aliphatic heterocycles. The molecule has 1 atom stereocenters. The SMILES string of the molecule is Cc1ccc(C)c(C(C#N)Cc2ccc(Cl)cc2)c1. The first-order chi connectivity index (χ1) is 9.10. The van der Waals surface area contributed by atoms with Gasteiger partial charge in [-0.1, -0.05) is 47.5 Å². The summed E-state index contributed by atoms with van der Waals surface area (Å²) < 4.78 is 0. The van der Waals surface area contributed by atoms with Gasteiger partial charge in [-0.25, -0.2) is 0 Å². The minimum atomic E-state index is -0.110. The first-order valence-electron chi connectivity index (χ1n) is 6.31. The molecule has 2 aromatic carbocycles. The van der Waals surface area contributed by atoms with E-state index in [0.717, 1.165) is 22.6 Å². The van der Waals surface area contributed by atoms with Crippen molar-refractivity contribution in [2.24, 2.45) is 0 Å². The normalized spacial score (nSPS) is 11.9. The van der Waals surface area contributed by atoms with E-state index in [0.29, 0.717) is 0 Å². The van der Waals surface area contributed by atoms with Gasteiger partial charge in [-0.2, -0.15) is 5.26 Å². The maximum Gasteiger partial charge on any atom is 0.0755 e. The van der Waals surface area contributed by atoms with Crippen molar-refractivity contribution in [1.29, 1.82) is 5.26 Å². The van der Waals surface area contributed by atoms with Gasteiger partial charge in [0.05, 0.1) is 12.0 Å². The molecule has 1 unspecified atom stereocenters. The number of aryl methyl sites for hydroxylation is 2. The van der Waals surface area contributed by atoms with E-state index < -0.39 is 0 Å². The molecule has 0 aromatic heterocycles. The molecule has 2 rings (SSSR count). The van der Waals surface area contributed by atoms with Gasteiger partial charge in [0, 0.05) is 5.02 Å². The third-order valence-corrected chi connectivity index (χ3v) is 3.57. The number of rotatable bonds is 3. The first-order valence-corrected chi connectivity index (χ1v) is 6.69. The summed E-state index contributed by atoms with van der Waals surface area (Å²) in [6.45, 7) is 4.11. The number of halogens is 1. The van der Waals surface area contributed by atoms with E-state index in [4.69, 9.17) is 11.6 Å². The zero-order valence-corrected chi connectivity index (χ0v) is 11.9. The average molecular weight is 270 g/mol. The molecule has 0 N–H and O–H groups in total. The van der Waals surface area contributed by atoms with Gasteiger partial charge in [-0.15, -0.1) is 0 Å². The highest BCUT2D eigenvalue weighted by molar-refractivity contribution is 6.30. The third kappa shape index (κ3) is 3.36. The fraction of sp³-hybridized carbons (Fsp3) is 0.235. The predicted molar refractivity (Wildman–Crippen MR) is 79.4 cm³/mol. The van der Waals surface area contributed by atoms with Crippen LogP contribution in [0, 0.1) is 25.2 Å². The Kier molecular flexibility index (Phi) is 4.24. The molecule has 2 aromatic rings. The second kappa shape index (κ2) is 5.91. The van der Waals surface area contributed by atoms with Crippen LogP contribution in [0.3, 0.4) is 0 Å². The summed E-state index contributed by atoms with van der Waals surface area (Å²) in [6, 6.07) is 16.4. The summed E-state index contributed by atoms with van der Waals surface area (Å²) in [5.74, 6) is -0.110. The molecule has 0 aliphatic carbocycles. The molecule has 0 aliphatic rings. The smallest absolute Gasteiger partial charge is 0.0755 e. The monoisotopic (exact) mass is 269 g/mol. The van der Waals surface area contributed by atoms with E-state index in [1.165, 1.54) is 11.1 Å². The maximum atomic E-state index is 9.43. The molecule has 1 nitrogen and oxygen atoms in total. The van der Waals surface area contributed by atoms with Crippen molar-refractivity contribution in [3.8, 4) is 6.07 Å². The number of hydrogen-bond donors (Lipinski definition) is 0. The van der Waals surface area contributed by atoms with Gasteiger partial charge < -0.3 is 0 Å². The van der Waals surface area contributed by atoms with Crippen molar-refractivity contribution in [1.82, 2.24) is 0 Å². The first kappa shape index (κ1) is 13.6. The van der Waals surface area contributed by atoms with E-state index >= 15 is 0 Å². The Bertz CT molecular complexity index is 608. The highest BCUT2D eigenvalue weighted by atomic mass is 35.5. The summed E-state index contributed by atoms with van der Waals surface area (Å²) >= 11 is 5.88. The molecular formula is C17H16ClN. The fourth-order valence-corrected chi connectivity index (χ4v) is 2.34. The molecule has 0 spiro atoms. The predicted octanol–water partition coefficient (Wildman–Crippen LogP) is 4.81. The zero-order chi connectivity index (χ0) is 13.8. The Morgan fingerprint density at radius 1 is 1.11 bits per heavy atom. The Morgan fingerprint density at radius 2 is 1.79 bits per heavy atom. The molecule has 19 heavy (non-hydrogen) atoms. The van der Waals surface area contributed by atoms with E-state index in [9.17, 15) is 5.26 Å². The summed E-state index contributed by atoms with van der Waals surface area (Å²) in [6.07, 6.45) is 0.720. The van der Waals surface area contributed by atoms with Gasteiger partial charge in [0.2, 0.25) is 0 Å². The molecule has 0 bridgehead atoms. The zero-order valence-electron chi connectivity index (χ0n) is 11.2. The van der Waals surface area contributed by atoms with Crippen molar-refractivity contribution in [2.45, 2.75) is 26.2 Å². The Morgan fingerprint density at radius 3 is 2.42 bits per heavy atom. The minimum absolute atomic E-state index is 0.110. The number of hydrogen-bond acceptors (Lipinski definition) is 1. The van der Waals surface area contributed by atoms with Crippen LogP contribution in [-0.4, -0.2) is 0 Å². The molecule has 0 heterocycles. The minimum Gasteiger partial charge on any atom is -0.198 e. The lowest BCUT2D eigenvalue weighted by atomic mass is 9.89. The van der Waals surface area contributed by atoms with Crippen LogP contribution < -0.4 is 0 Å². The van der Waals surface area contributed by atoms with Gasteiger partial charge in [0.1, 0.15) is 0 Å². The quantitative estimate of drug-likeness (QED) is 0.785. The molecule has 0 saturated heterocycles. The molecule has 2 heteroatoms. The van der Waals surface area contributed by atoms with Crippen LogP contribution in [0.4, 0.5) is 0 Å². The number of benzene rings is 2. The van der Waals surface area contributed by atoms with Gasteiger partial charge in [0.15, 0.2) is 0 Å². The summed E-state index contributed by atoms with van der Waals surface area (Å²) in [5, 5.41) is 10.2. The number of nitrogens with zero attached hydrogens (tertiary/aromatic N) is 1. The lowest BCUT2D eigenvalue weighted by molar-refractivity contribution is 0.840. The highest BCUT2D eigenvalue weighted by Crippen LogP contribution is 2.25. The Balaban J connectivity index is 2.28. The Labute approximate surface area is 119 Å². The molecule has 0 fully saturated rings. The molecule has 0 radical (unpaired) electrons. The van der Waals surface area contributed by atoms with Crippen molar-refractivity contribution in [3.05, 3.63) is 69.7 Å². The van der Waals surface area contributed by atoms with Gasteiger partial charge in [-0.3, -0.25) is 0 Å². The van der Waals surface area contributed by atoms with Gasteiger partial charge in [-0.05, 0) is 49.1 Å². The summed E-state index contributed by atoms with van der Waals surface area (Å²) in [7, 11) is 0. The lowest BCUT2D eigenvalue weighted by Crippen LogP contribution is -2.03. The Hall–Kier alpha value is -1.78. The van der Waals surface area contributed by atoms with Gasteiger partial charge in [0.25, 0.3) is 0 Å². The fourth-order valence-electron chi connectivity index (χ4n) is 2.22. The van der Waals surface area contributed by atoms with E-state index in [2.05, 4.69) is 38.1 Å². The van der Waals surface area contributed by atoms with Crippen molar-refractivity contribution >= 4 is 11.6 Å². The van der Waals surface area contributed by atoms with E-state index in [-0.39, 0.29) is 5.92 Å². The van der Waals surface area contributed by atoms with Crippen LogP contribution in [0.2, 0.25) is 5.02 Å². The third-order valence-electron chi connectivity index (χ3n) is 3.32. The van der Waals surface area contributed by atoms with E-state index in [1.807, 2.05) is 24.3 Å². The van der Waals surface area contributed by atoms with E-state index in [1.54, 1.807) is 0 Å². The standard InChI is InChI=1S/C17H16ClN/c1-12-3-4-13(2)17(9-12)15(11-19)10-14-5-7-16(18)8-6-14/h3-9,15H,10H2,1-2H3. The summed E-state index contributed by atoms with van der Waals surface area (Å²) in [4.78, 5) is 0.